The molecule has 1 heterocycles. The first-order chi connectivity index (χ1) is 8.72. The van der Waals surface area contributed by atoms with Gasteiger partial charge in [-0.2, -0.15) is 0 Å². The van der Waals surface area contributed by atoms with Gasteiger partial charge < -0.3 is 10.0 Å². The van der Waals surface area contributed by atoms with Crippen molar-refractivity contribution in [1.29, 1.82) is 0 Å². The lowest BCUT2D eigenvalue weighted by atomic mass is 10.1. The Morgan fingerprint density at radius 2 is 2.22 bits per heavy atom. The summed E-state index contributed by atoms with van der Waals surface area (Å²) < 4.78 is 0. The first kappa shape index (κ1) is 13.4. The Labute approximate surface area is 113 Å². The van der Waals surface area contributed by atoms with E-state index in [0.29, 0.717) is 5.56 Å². The molecule has 1 amide bonds. The minimum Gasteiger partial charge on any atom is -0.394 e. The maximum Gasteiger partial charge on any atom is 0.254 e. The molecule has 18 heavy (non-hydrogen) atoms. The number of hydrogen-bond donors (Lipinski definition) is 2. The van der Waals surface area contributed by atoms with Crippen molar-refractivity contribution >= 4 is 18.5 Å². The van der Waals surface area contributed by atoms with E-state index < -0.39 is 0 Å². The normalized spacial score (nSPS) is 20.6. The van der Waals surface area contributed by atoms with Crippen LogP contribution in [-0.4, -0.2) is 35.1 Å². The minimum atomic E-state index is -0.0384. The molecule has 0 aromatic heterocycles. The zero-order chi connectivity index (χ0) is 13.0. The van der Waals surface area contributed by atoms with Gasteiger partial charge in [-0.15, -0.1) is 12.6 Å². The molecule has 1 aromatic rings. The van der Waals surface area contributed by atoms with Crippen molar-refractivity contribution in [3.05, 3.63) is 29.8 Å². The molecule has 1 atom stereocenters. The molecule has 0 spiro atoms. The van der Waals surface area contributed by atoms with Gasteiger partial charge in [0.05, 0.1) is 12.6 Å². The summed E-state index contributed by atoms with van der Waals surface area (Å²) in [5.41, 5.74) is 0.655. The van der Waals surface area contributed by atoms with Crippen LogP contribution in [0.15, 0.2) is 29.2 Å². The van der Waals surface area contributed by atoms with Gasteiger partial charge in [0.1, 0.15) is 0 Å². The van der Waals surface area contributed by atoms with Gasteiger partial charge in [-0.05, 0) is 31.0 Å². The summed E-state index contributed by atoms with van der Waals surface area (Å²) in [6.07, 6.45) is 4.13. The SMILES string of the molecule is O=C(c1cccc(S)c1)N1CCCCCC1CO. The van der Waals surface area contributed by atoms with Crippen LogP contribution in [0.25, 0.3) is 0 Å². The number of thiol groups is 1. The van der Waals surface area contributed by atoms with Crippen molar-refractivity contribution in [3.8, 4) is 0 Å². The van der Waals surface area contributed by atoms with Crippen LogP contribution in [0.3, 0.4) is 0 Å². The molecule has 98 valence electrons. The molecule has 3 nitrogen and oxygen atoms in total. The molecule has 1 unspecified atom stereocenters. The second-order valence-corrected chi connectivity index (χ2v) is 5.25. The lowest BCUT2D eigenvalue weighted by Crippen LogP contribution is -2.42. The fraction of sp³-hybridized carbons (Fsp3) is 0.500. The van der Waals surface area contributed by atoms with E-state index in [0.717, 1.165) is 37.1 Å². The number of carbonyl (C=O) groups is 1. The van der Waals surface area contributed by atoms with E-state index in [1.807, 2.05) is 17.0 Å². The molecule has 1 aliphatic rings. The lowest BCUT2D eigenvalue weighted by molar-refractivity contribution is 0.0599. The minimum absolute atomic E-state index is 0.00634. The molecule has 1 fully saturated rings. The van der Waals surface area contributed by atoms with Crippen LogP contribution in [0.4, 0.5) is 0 Å². The Kier molecular flexibility index (Phi) is 4.66. The van der Waals surface area contributed by atoms with Gasteiger partial charge in [-0.3, -0.25) is 4.79 Å². The largest absolute Gasteiger partial charge is 0.394 e. The molecule has 0 bridgehead atoms. The van der Waals surface area contributed by atoms with Gasteiger partial charge in [0.25, 0.3) is 5.91 Å². The van der Waals surface area contributed by atoms with Crippen LogP contribution < -0.4 is 0 Å². The lowest BCUT2D eigenvalue weighted by Gasteiger charge is -2.28. The fourth-order valence-electron chi connectivity index (χ4n) is 2.44. The van der Waals surface area contributed by atoms with E-state index in [1.54, 1.807) is 12.1 Å². The highest BCUT2D eigenvalue weighted by Gasteiger charge is 2.25. The molecule has 1 aliphatic heterocycles. The van der Waals surface area contributed by atoms with Gasteiger partial charge in [-0.25, -0.2) is 0 Å². The molecular formula is C14H19NO2S. The number of aliphatic hydroxyl groups is 1. The molecular weight excluding hydrogens is 246 g/mol. The summed E-state index contributed by atoms with van der Waals surface area (Å²) in [6, 6.07) is 7.24. The van der Waals surface area contributed by atoms with Crippen LogP contribution in [0.2, 0.25) is 0 Å². The second-order valence-electron chi connectivity index (χ2n) is 4.73. The maximum atomic E-state index is 12.5. The number of rotatable bonds is 2. The summed E-state index contributed by atoms with van der Waals surface area (Å²) in [5.74, 6) is 0.00634. The fourth-order valence-corrected chi connectivity index (χ4v) is 2.66. The molecule has 1 saturated heterocycles. The van der Waals surface area contributed by atoms with Crippen LogP contribution in [0.5, 0.6) is 0 Å². The quantitative estimate of drug-likeness (QED) is 0.806. The molecule has 4 heteroatoms. The number of aliphatic hydroxyl groups excluding tert-OH is 1. The average Bonchev–Trinajstić information content (AvgIpc) is 2.62. The summed E-state index contributed by atoms with van der Waals surface area (Å²) >= 11 is 4.26. The molecule has 0 saturated carbocycles. The zero-order valence-corrected chi connectivity index (χ0v) is 11.3. The highest BCUT2D eigenvalue weighted by atomic mass is 32.1. The predicted octanol–water partition coefficient (Wildman–Crippen LogP) is 2.35. The summed E-state index contributed by atoms with van der Waals surface area (Å²) in [7, 11) is 0. The number of benzene rings is 1. The van der Waals surface area contributed by atoms with Crippen molar-refractivity contribution in [2.24, 2.45) is 0 Å². The number of hydrogen-bond acceptors (Lipinski definition) is 3. The Balaban J connectivity index is 2.19. The summed E-state index contributed by atoms with van der Waals surface area (Å²) in [6.45, 7) is 0.785. The van der Waals surface area contributed by atoms with E-state index in [-0.39, 0.29) is 18.6 Å². The van der Waals surface area contributed by atoms with E-state index in [1.165, 1.54) is 0 Å². The van der Waals surface area contributed by atoms with Gasteiger partial charge in [-0.1, -0.05) is 18.9 Å². The van der Waals surface area contributed by atoms with Crippen molar-refractivity contribution < 1.29 is 9.90 Å². The Hall–Kier alpha value is -1.00. The Morgan fingerprint density at radius 1 is 1.39 bits per heavy atom. The highest BCUT2D eigenvalue weighted by Crippen LogP contribution is 2.20. The highest BCUT2D eigenvalue weighted by molar-refractivity contribution is 7.80. The number of likely N-dealkylation sites (tertiary alicyclic amines) is 1. The third-order valence-electron chi connectivity index (χ3n) is 3.44. The third-order valence-corrected chi connectivity index (χ3v) is 3.72. The first-order valence-corrected chi connectivity index (χ1v) is 6.88. The van der Waals surface area contributed by atoms with Crippen molar-refractivity contribution in [1.82, 2.24) is 4.90 Å². The third kappa shape index (κ3) is 3.06. The Bertz CT molecular complexity index is 422. The molecule has 0 radical (unpaired) electrons. The van der Waals surface area contributed by atoms with Crippen LogP contribution in [-0.2, 0) is 0 Å². The van der Waals surface area contributed by atoms with E-state index in [4.69, 9.17) is 0 Å². The van der Waals surface area contributed by atoms with E-state index >= 15 is 0 Å². The van der Waals surface area contributed by atoms with Crippen molar-refractivity contribution in [2.75, 3.05) is 13.2 Å². The number of nitrogens with zero attached hydrogens (tertiary/aromatic N) is 1. The standard InChI is InChI=1S/C14H19NO2S/c16-10-12-6-2-1-3-8-15(12)14(17)11-5-4-7-13(18)9-11/h4-5,7,9,12,16,18H,1-3,6,8,10H2. The molecule has 1 aromatic carbocycles. The number of carbonyl (C=O) groups excluding carboxylic acids is 1. The van der Waals surface area contributed by atoms with E-state index in [9.17, 15) is 9.90 Å². The van der Waals surface area contributed by atoms with E-state index in [2.05, 4.69) is 12.6 Å². The molecule has 0 aliphatic carbocycles. The molecule has 1 N–H and O–H groups in total. The summed E-state index contributed by atoms with van der Waals surface area (Å²) in [4.78, 5) is 15.1. The first-order valence-electron chi connectivity index (χ1n) is 6.43. The molecule has 2 rings (SSSR count). The predicted molar refractivity (Wildman–Crippen MR) is 74.1 cm³/mol. The van der Waals surface area contributed by atoms with Crippen molar-refractivity contribution in [3.63, 3.8) is 0 Å². The topological polar surface area (TPSA) is 40.5 Å². The van der Waals surface area contributed by atoms with Gasteiger partial charge >= 0.3 is 0 Å². The smallest absolute Gasteiger partial charge is 0.254 e. The summed E-state index contributed by atoms with van der Waals surface area (Å²) in [5, 5.41) is 9.43. The zero-order valence-electron chi connectivity index (χ0n) is 10.4. The van der Waals surface area contributed by atoms with Crippen LogP contribution in [0.1, 0.15) is 36.0 Å². The monoisotopic (exact) mass is 265 g/mol. The number of amides is 1. The van der Waals surface area contributed by atoms with Crippen molar-refractivity contribution in [2.45, 2.75) is 36.6 Å². The maximum absolute atomic E-state index is 12.5. The van der Waals surface area contributed by atoms with Gasteiger partial charge in [0.2, 0.25) is 0 Å². The van der Waals surface area contributed by atoms with Gasteiger partial charge in [0, 0.05) is 17.0 Å². The van der Waals surface area contributed by atoms with Gasteiger partial charge in [0.15, 0.2) is 0 Å². The Morgan fingerprint density at radius 3 is 2.94 bits per heavy atom. The van der Waals surface area contributed by atoms with Crippen LogP contribution in [0, 0.1) is 0 Å². The second kappa shape index (κ2) is 6.25. The average molecular weight is 265 g/mol. The van der Waals surface area contributed by atoms with Crippen LogP contribution >= 0.6 is 12.6 Å².